The quantitative estimate of drug-likeness (QED) is 0.666. The second-order valence-electron chi connectivity index (χ2n) is 4.06. The Hall–Kier alpha value is -2.70. The van der Waals surface area contributed by atoms with Crippen LogP contribution >= 0.6 is 0 Å². The van der Waals surface area contributed by atoms with Gasteiger partial charge in [-0.1, -0.05) is 6.07 Å². The summed E-state index contributed by atoms with van der Waals surface area (Å²) >= 11 is 0. The molecule has 0 bridgehead atoms. The van der Waals surface area contributed by atoms with Gasteiger partial charge in [0.25, 0.3) is 0 Å². The predicted octanol–water partition coefficient (Wildman–Crippen LogP) is 3.19. The molecule has 0 fully saturated rings. The molecule has 0 radical (unpaired) electrons. The zero-order valence-corrected chi connectivity index (χ0v) is 10.1. The summed E-state index contributed by atoms with van der Waals surface area (Å²) in [5, 5.41) is 22.4. The molecule has 2 aromatic carbocycles. The number of benzene rings is 2. The zero-order valence-electron chi connectivity index (χ0n) is 10.1. The molecular formula is C13H10F2N2O3. The van der Waals surface area contributed by atoms with Gasteiger partial charge < -0.3 is 10.4 Å². The first-order valence-corrected chi connectivity index (χ1v) is 5.62. The molecule has 0 saturated carbocycles. The molecule has 2 N–H and O–H groups in total. The Labute approximate surface area is 112 Å². The number of nitro groups is 1. The van der Waals surface area contributed by atoms with Crippen LogP contribution in [0, 0.1) is 21.7 Å². The molecule has 0 atom stereocenters. The number of rotatable bonds is 4. The number of phenols is 1. The van der Waals surface area contributed by atoms with E-state index in [9.17, 15) is 18.9 Å². The Morgan fingerprint density at radius 1 is 1.15 bits per heavy atom. The van der Waals surface area contributed by atoms with E-state index in [0.717, 1.165) is 18.2 Å². The summed E-state index contributed by atoms with van der Waals surface area (Å²) in [6.07, 6.45) is 0. The molecule has 0 saturated heterocycles. The van der Waals surface area contributed by atoms with Crippen LogP contribution in [0.1, 0.15) is 5.56 Å². The van der Waals surface area contributed by atoms with Crippen molar-refractivity contribution in [3.8, 4) is 5.75 Å². The van der Waals surface area contributed by atoms with Gasteiger partial charge in [0, 0.05) is 18.3 Å². The Bertz CT molecular complexity index is 662. The lowest BCUT2D eigenvalue weighted by Crippen LogP contribution is -2.01. The van der Waals surface area contributed by atoms with Crippen molar-refractivity contribution in [1.82, 2.24) is 0 Å². The highest BCUT2D eigenvalue weighted by atomic mass is 19.1. The number of hydrogen-bond donors (Lipinski definition) is 2. The van der Waals surface area contributed by atoms with Crippen molar-refractivity contribution in [2.75, 3.05) is 5.32 Å². The van der Waals surface area contributed by atoms with E-state index in [4.69, 9.17) is 5.11 Å². The van der Waals surface area contributed by atoms with Crippen LogP contribution in [0.2, 0.25) is 0 Å². The summed E-state index contributed by atoms with van der Waals surface area (Å²) in [7, 11) is 0. The highest BCUT2D eigenvalue weighted by molar-refractivity contribution is 5.52. The van der Waals surface area contributed by atoms with Gasteiger partial charge in [-0.3, -0.25) is 10.1 Å². The maximum Gasteiger partial charge on any atom is 0.306 e. The number of anilines is 1. The lowest BCUT2D eigenvalue weighted by atomic mass is 10.2. The van der Waals surface area contributed by atoms with Gasteiger partial charge in [-0.25, -0.2) is 4.39 Å². The average Bonchev–Trinajstić information content (AvgIpc) is 2.41. The fourth-order valence-electron chi connectivity index (χ4n) is 1.63. The lowest BCUT2D eigenvalue weighted by molar-refractivity contribution is -0.387. The predicted molar refractivity (Wildman–Crippen MR) is 68.4 cm³/mol. The Balaban J connectivity index is 2.12. The van der Waals surface area contributed by atoms with E-state index in [1.165, 1.54) is 18.2 Å². The van der Waals surface area contributed by atoms with Crippen molar-refractivity contribution in [2.24, 2.45) is 0 Å². The van der Waals surface area contributed by atoms with Crippen LogP contribution in [0.4, 0.5) is 20.2 Å². The third-order valence-electron chi connectivity index (χ3n) is 2.65. The minimum atomic E-state index is -0.920. The minimum absolute atomic E-state index is 0.181. The first-order valence-electron chi connectivity index (χ1n) is 5.62. The zero-order chi connectivity index (χ0) is 14.7. The maximum atomic E-state index is 13.1. The molecule has 5 nitrogen and oxygen atoms in total. The number of nitro benzene ring substituents is 1. The van der Waals surface area contributed by atoms with Crippen molar-refractivity contribution in [2.45, 2.75) is 6.54 Å². The van der Waals surface area contributed by atoms with E-state index in [1.54, 1.807) is 0 Å². The van der Waals surface area contributed by atoms with Crippen molar-refractivity contribution >= 4 is 11.4 Å². The average molecular weight is 280 g/mol. The lowest BCUT2D eigenvalue weighted by Gasteiger charge is -2.07. The third-order valence-corrected chi connectivity index (χ3v) is 2.65. The van der Waals surface area contributed by atoms with Crippen molar-refractivity contribution in [3.63, 3.8) is 0 Å². The van der Waals surface area contributed by atoms with Crippen LogP contribution in [0.5, 0.6) is 5.75 Å². The summed E-state index contributed by atoms with van der Waals surface area (Å²) in [6.45, 7) is 0.181. The number of nitrogens with zero attached hydrogens (tertiary/aromatic N) is 1. The van der Waals surface area contributed by atoms with Crippen molar-refractivity contribution in [1.29, 1.82) is 0 Å². The van der Waals surface area contributed by atoms with Gasteiger partial charge in [0.2, 0.25) is 5.82 Å². The molecule has 0 amide bonds. The summed E-state index contributed by atoms with van der Waals surface area (Å²) in [5.41, 5.74) is 0.241. The van der Waals surface area contributed by atoms with Gasteiger partial charge >= 0.3 is 5.69 Å². The number of nitrogens with one attached hydrogen (secondary N) is 1. The number of aromatic hydroxyl groups is 1. The van der Waals surface area contributed by atoms with Crippen LogP contribution in [-0.2, 0) is 6.54 Å². The van der Waals surface area contributed by atoms with Crippen LogP contribution in [0.3, 0.4) is 0 Å². The number of phenolic OH excluding ortho intramolecular Hbond substituents is 1. The van der Waals surface area contributed by atoms with Gasteiger partial charge in [-0.15, -0.1) is 0 Å². The van der Waals surface area contributed by atoms with Crippen molar-refractivity contribution in [3.05, 3.63) is 63.7 Å². The normalized spacial score (nSPS) is 10.3. The summed E-state index contributed by atoms with van der Waals surface area (Å²) in [6, 6.07) is 7.24. The molecule has 2 aromatic rings. The molecule has 2 rings (SSSR count). The van der Waals surface area contributed by atoms with Crippen LogP contribution in [0.15, 0.2) is 36.4 Å². The summed E-state index contributed by atoms with van der Waals surface area (Å²) in [4.78, 5) is 9.77. The largest absolute Gasteiger partial charge is 0.505 e. The second-order valence-corrected chi connectivity index (χ2v) is 4.06. The van der Waals surface area contributed by atoms with E-state index in [0.29, 0.717) is 11.3 Å². The monoisotopic (exact) mass is 280 g/mol. The standard InChI is InChI=1S/C13H10F2N2O3/c14-10-3-2-9(6-12(10)17(19)20)16-7-8-1-4-13(18)11(15)5-8/h1-6,16,18H,7H2. The summed E-state index contributed by atoms with van der Waals surface area (Å²) < 4.78 is 26.2. The van der Waals surface area contributed by atoms with E-state index >= 15 is 0 Å². The van der Waals surface area contributed by atoms with E-state index in [1.807, 2.05) is 0 Å². The van der Waals surface area contributed by atoms with Gasteiger partial charge in [-0.2, -0.15) is 4.39 Å². The number of halogens is 2. The Morgan fingerprint density at radius 3 is 2.55 bits per heavy atom. The van der Waals surface area contributed by atoms with Crippen molar-refractivity contribution < 1.29 is 18.8 Å². The molecule has 0 aromatic heterocycles. The molecule has 0 aliphatic rings. The molecule has 0 aliphatic carbocycles. The highest BCUT2D eigenvalue weighted by Gasteiger charge is 2.14. The van der Waals surface area contributed by atoms with Gasteiger partial charge in [-0.05, 0) is 29.8 Å². The molecular weight excluding hydrogens is 270 g/mol. The van der Waals surface area contributed by atoms with Crippen LogP contribution in [-0.4, -0.2) is 10.0 Å². The first-order chi connectivity index (χ1) is 9.47. The summed E-state index contributed by atoms with van der Waals surface area (Å²) in [5.74, 6) is -2.13. The smallest absolute Gasteiger partial charge is 0.306 e. The van der Waals surface area contributed by atoms with Gasteiger partial charge in [0.15, 0.2) is 11.6 Å². The fourth-order valence-corrected chi connectivity index (χ4v) is 1.63. The Morgan fingerprint density at radius 2 is 1.90 bits per heavy atom. The molecule has 7 heteroatoms. The molecule has 0 spiro atoms. The molecule has 104 valence electrons. The van der Waals surface area contributed by atoms with E-state index in [-0.39, 0.29) is 6.54 Å². The highest BCUT2D eigenvalue weighted by Crippen LogP contribution is 2.22. The molecule has 0 aliphatic heterocycles. The third kappa shape index (κ3) is 3.00. The SMILES string of the molecule is O=[N+]([O-])c1cc(NCc2ccc(O)c(F)c2)ccc1F. The van der Waals surface area contributed by atoms with Gasteiger partial charge in [0.05, 0.1) is 4.92 Å². The number of hydrogen-bond acceptors (Lipinski definition) is 4. The Kier molecular flexibility index (Phi) is 3.79. The second kappa shape index (κ2) is 5.52. The van der Waals surface area contributed by atoms with E-state index < -0.39 is 28.0 Å². The van der Waals surface area contributed by atoms with Crippen LogP contribution in [0.25, 0.3) is 0 Å². The topological polar surface area (TPSA) is 75.4 Å². The van der Waals surface area contributed by atoms with Gasteiger partial charge in [0.1, 0.15) is 0 Å². The minimum Gasteiger partial charge on any atom is -0.505 e. The molecule has 0 heterocycles. The maximum absolute atomic E-state index is 13.1. The van der Waals surface area contributed by atoms with E-state index in [2.05, 4.69) is 5.32 Å². The molecule has 20 heavy (non-hydrogen) atoms. The van der Waals surface area contributed by atoms with Crippen LogP contribution < -0.4 is 5.32 Å². The molecule has 0 unspecified atom stereocenters. The fraction of sp³-hybridized carbons (Fsp3) is 0.0769. The first kappa shape index (κ1) is 13.7.